The number of hydrogen-bond acceptors (Lipinski definition) is 4. The summed E-state index contributed by atoms with van der Waals surface area (Å²) in [5.74, 6) is -0.862. The van der Waals surface area contributed by atoms with Crippen LogP contribution < -0.4 is 4.90 Å². The first-order chi connectivity index (χ1) is 12.7. The van der Waals surface area contributed by atoms with Crippen LogP contribution in [0.5, 0.6) is 0 Å². The van der Waals surface area contributed by atoms with Crippen LogP contribution in [0.3, 0.4) is 0 Å². The van der Waals surface area contributed by atoms with Crippen molar-refractivity contribution in [3.8, 4) is 12.1 Å². The molecular weight excluding hydrogens is 331 g/mol. The third-order valence-electron chi connectivity index (χ3n) is 4.48. The highest BCUT2D eigenvalue weighted by atomic mass is 19.1. The summed E-state index contributed by atoms with van der Waals surface area (Å²) >= 11 is 0. The molecule has 3 rings (SSSR count). The molecule has 1 saturated heterocycles. The van der Waals surface area contributed by atoms with E-state index in [4.69, 9.17) is 0 Å². The Morgan fingerprint density at radius 2 is 1.62 bits per heavy atom. The third kappa shape index (κ3) is 3.36. The van der Waals surface area contributed by atoms with Gasteiger partial charge in [0.1, 0.15) is 18.0 Å². The summed E-state index contributed by atoms with van der Waals surface area (Å²) in [6, 6.07) is 15.3. The Morgan fingerprint density at radius 1 is 0.923 bits per heavy atom. The zero-order valence-electron chi connectivity index (χ0n) is 14.2. The molecule has 0 aliphatic carbocycles. The monoisotopic (exact) mass is 348 g/mol. The molecule has 0 spiro atoms. The average Bonchev–Trinajstić information content (AvgIpc) is 2.93. The van der Waals surface area contributed by atoms with Crippen molar-refractivity contribution in [2.75, 3.05) is 31.1 Å². The van der Waals surface area contributed by atoms with E-state index in [2.05, 4.69) is 12.1 Å². The standard InChI is InChI=1S/C20H17FN4O/c21-18-8-2-1-7-17(18)20(26)25-10-4-9-24(11-12-25)19-15(13-22)5-3-6-16(19)14-23/h1-3,5-8H,4,9-12H2. The van der Waals surface area contributed by atoms with Gasteiger partial charge in [0, 0.05) is 26.2 Å². The summed E-state index contributed by atoms with van der Waals surface area (Å²) in [6.45, 7) is 2.00. The summed E-state index contributed by atoms with van der Waals surface area (Å²) in [6.07, 6.45) is 0.671. The van der Waals surface area contributed by atoms with Gasteiger partial charge >= 0.3 is 0 Å². The van der Waals surface area contributed by atoms with Gasteiger partial charge in [0.15, 0.2) is 0 Å². The highest BCUT2D eigenvalue weighted by Gasteiger charge is 2.24. The lowest BCUT2D eigenvalue weighted by Gasteiger charge is -2.25. The summed E-state index contributed by atoms with van der Waals surface area (Å²) in [4.78, 5) is 16.2. The summed E-state index contributed by atoms with van der Waals surface area (Å²) in [7, 11) is 0. The molecular formula is C20H17FN4O. The summed E-state index contributed by atoms with van der Waals surface area (Å²) in [5.41, 5.74) is 1.56. The Labute approximate surface area is 151 Å². The largest absolute Gasteiger partial charge is 0.368 e. The zero-order valence-corrected chi connectivity index (χ0v) is 14.2. The maximum atomic E-state index is 13.9. The average molecular weight is 348 g/mol. The minimum Gasteiger partial charge on any atom is -0.368 e. The number of nitriles is 2. The second-order valence-electron chi connectivity index (χ2n) is 6.04. The van der Waals surface area contributed by atoms with Gasteiger partial charge < -0.3 is 9.80 Å². The van der Waals surface area contributed by atoms with Crippen molar-refractivity contribution < 1.29 is 9.18 Å². The van der Waals surface area contributed by atoms with Crippen LogP contribution in [0.25, 0.3) is 0 Å². The normalized spacial score (nSPS) is 14.3. The van der Waals surface area contributed by atoms with Crippen LogP contribution in [0.1, 0.15) is 27.9 Å². The molecule has 5 nitrogen and oxygen atoms in total. The Kier molecular flexibility index (Phi) is 5.15. The second kappa shape index (κ2) is 7.67. The number of halogens is 1. The maximum absolute atomic E-state index is 13.9. The first kappa shape index (κ1) is 17.4. The molecule has 6 heteroatoms. The van der Waals surface area contributed by atoms with Gasteiger partial charge in [0.2, 0.25) is 0 Å². The Morgan fingerprint density at radius 3 is 2.27 bits per heavy atom. The molecule has 1 heterocycles. The molecule has 130 valence electrons. The number of anilines is 1. The topological polar surface area (TPSA) is 71.1 Å². The van der Waals surface area contributed by atoms with Crippen molar-refractivity contribution >= 4 is 11.6 Å². The number of carbonyl (C=O) groups is 1. The Hall–Kier alpha value is -3.38. The lowest BCUT2D eigenvalue weighted by Crippen LogP contribution is -2.36. The highest BCUT2D eigenvalue weighted by Crippen LogP contribution is 2.26. The fourth-order valence-corrected chi connectivity index (χ4v) is 3.21. The second-order valence-corrected chi connectivity index (χ2v) is 6.04. The SMILES string of the molecule is N#Cc1cccc(C#N)c1N1CCCN(C(=O)c2ccccc2F)CC1. The Bertz CT molecular complexity index is 881. The van der Waals surface area contributed by atoms with Gasteiger partial charge in [-0.25, -0.2) is 4.39 Å². The van der Waals surface area contributed by atoms with E-state index < -0.39 is 5.82 Å². The van der Waals surface area contributed by atoms with Crippen LogP contribution in [0.15, 0.2) is 42.5 Å². The van der Waals surface area contributed by atoms with Gasteiger partial charge in [-0.2, -0.15) is 10.5 Å². The van der Waals surface area contributed by atoms with Crippen LogP contribution in [0.4, 0.5) is 10.1 Å². The quantitative estimate of drug-likeness (QED) is 0.837. The molecule has 26 heavy (non-hydrogen) atoms. The molecule has 0 radical (unpaired) electrons. The molecule has 2 aromatic rings. The van der Waals surface area contributed by atoms with E-state index in [0.717, 1.165) is 0 Å². The lowest BCUT2D eigenvalue weighted by molar-refractivity contribution is 0.0762. The van der Waals surface area contributed by atoms with E-state index in [-0.39, 0.29) is 11.5 Å². The highest BCUT2D eigenvalue weighted by molar-refractivity contribution is 5.94. The van der Waals surface area contributed by atoms with Crippen molar-refractivity contribution in [3.63, 3.8) is 0 Å². The molecule has 1 aliphatic rings. The third-order valence-corrected chi connectivity index (χ3v) is 4.48. The van der Waals surface area contributed by atoms with Crippen molar-refractivity contribution in [1.82, 2.24) is 4.90 Å². The number of carbonyl (C=O) groups excluding carboxylic acids is 1. The van der Waals surface area contributed by atoms with Gasteiger partial charge in [0.25, 0.3) is 5.91 Å². The smallest absolute Gasteiger partial charge is 0.256 e. The molecule has 1 aliphatic heterocycles. The molecule has 1 fully saturated rings. The Balaban J connectivity index is 1.82. The van der Waals surface area contributed by atoms with E-state index in [1.165, 1.54) is 12.1 Å². The maximum Gasteiger partial charge on any atom is 0.256 e. The molecule has 0 unspecified atom stereocenters. The number of benzene rings is 2. The molecule has 0 saturated carbocycles. The fraction of sp³-hybridized carbons (Fsp3) is 0.250. The van der Waals surface area contributed by atoms with E-state index >= 15 is 0 Å². The van der Waals surface area contributed by atoms with Crippen molar-refractivity contribution in [3.05, 3.63) is 65.0 Å². The van der Waals surface area contributed by atoms with Gasteiger partial charge in [-0.15, -0.1) is 0 Å². The van der Waals surface area contributed by atoms with E-state index in [1.54, 1.807) is 35.2 Å². The summed E-state index contributed by atoms with van der Waals surface area (Å²) in [5, 5.41) is 18.7. The van der Waals surface area contributed by atoms with Gasteiger partial charge in [-0.05, 0) is 30.7 Å². The number of nitrogens with zero attached hydrogens (tertiary/aromatic N) is 4. The predicted molar refractivity (Wildman–Crippen MR) is 95.0 cm³/mol. The van der Waals surface area contributed by atoms with E-state index in [9.17, 15) is 19.7 Å². The molecule has 2 aromatic carbocycles. The molecule has 1 amide bonds. The number of hydrogen-bond donors (Lipinski definition) is 0. The number of amides is 1. The molecule has 0 atom stereocenters. The van der Waals surface area contributed by atoms with E-state index in [1.807, 2.05) is 4.90 Å². The molecule has 0 bridgehead atoms. The van der Waals surface area contributed by atoms with Crippen LogP contribution >= 0.6 is 0 Å². The first-order valence-corrected chi connectivity index (χ1v) is 8.37. The molecule has 0 N–H and O–H groups in total. The summed E-state index contributed by atoms with van der Waals surface area (Å²) < 4.78 is 13.9. The number of para-hydroxylation sites is 1. The van der Waals surface area contributed by atoms with Crippen molar-refractivity contribution in [2.45, 2.75) is 6.42 Å². The fourth-order valence-electron chi connectivity index (χ4n) is 3.21. The van der Waals surface area contributed by atoms with E-state index in [0.29, 0.717) is 49.4 Å². The zero-order chi connectivity index (χ0) is 18.5. The van der Waals surface area contributed by atoms with Gasteiger partial charge in [-0.1, -0.05) is 18.2 Å². The first-order valence-electron chi connectivity index (χ1n) is 8.37. The van der Waals surface area contributed by atoms with Gasteiger partial charge in [0.05, 0.1) is 22.4 Å². The minimum absolute atomic E-state index is 0.0658. The van der Waals surface area contributed by atoms with Crippen LogP contribution in [-0.4, -0.2) is 37.0 Å². The minimum atomic E-state index is -0.528. The predicted octanol–water partition coefficient (Wildman–Crippen LogP) is 2.92. The van der Waals surface area contributed by atoms with Crippen molar-refractivity contribution in [1.29, 1.82) is 10.5 Å². The van der Waals surface area contributed by atoms with Gasteiger partial charge in [-0.3, -0.25) is 4.79 Å². The molecule has 0 aromatic heterocycles. The lowest BCUT2D eigenvalue weighted by atomic mass is 10.1. The number of rotatable bonds is 2. The van der Waals surface area contributed by atoms with Crippen LogP contribution in [0, 0.1) is 28.5 Å². The van der Waals surface area contributed by atoms with Crippen molar-refractivity contribution in [2.24, 2.45) is 0 Å². The van der Waals surface area contributed by atoms with Crippen LogP contribution in [0.2, 0.25) is 0 Å². The van der Waals surface area contributed by atoms with Crippen LogP contribution in [-0.2, 0) is 0 Å².